The minimum Gasteiger partial charge on any atom is -0.454 e. The minimum atomic E-state index is -0.126. The molecule has 0 radical (unpaired) electrons. The number of hydrogen-bond donors (Lipinski definition) is 1. The first kappa shape index (κ1) is 20.7. The Kier molecular flexibility index (Phi) is 4.99. The Balaban J connectivity index is 1.50. The molecule has 1 saturated heterocycles. The second kappa shape index (κ2) is 8.18. The van der Waals surface area contributed by atoms with E-state index in [1.807, 2.05) is 42.6 Å². The van der Waals surface area contributed by atoms with Gasteiger partial charge in [-0.05, 0) is 85.7 Å². The van der Waals surface area contributed by atoms with Crippen LogP contribution in [0.3, 0.4) is 0 Å². The van der Waals surface area contributed by atoms with Crippen LogP contribution in [-0.2, 0) is 0 Å². The summed E-state index contributed by atoms with van der Waals surface area (Å²) in [6.07, 6.45) is 3.93. The van der Waals surface area contributed by atoms with E-state index in [2.05, 4.69) is 70.1 Å². The van der Waals surface area contributed by atoms with Crippen molar-refractivity contribution in [2.75, 3.05) is 11.7 Å². The molecule has 0 unspecified atom stereocenters. The lowest BCUT2D eigenvalue weighted by atomic mass is 10.0. The number of ether oxygens (including phenoxy) is 2. The Morgan fingerprint density at radius 1 is 0.912 bits per heavy atom. The van der Waals surface area contributed by atoms with Crippen LogP contribution in [0.15, 0.2) is 79.1 Å². The van der Waals surface area contributed by atoms with Crippen molar-refractivity contribution in [2.45, 2.75) is 25.9 Å². The second-order valence-corrected chi connectivity index (χ2v) is 8.99. The van der Waals surface area contributed by atoms with Gasteiger partial charge < -0.3 is 24.3 Å². The molecule has 7 heteroatoms. The summed E-state index contributed by atoms with van der Waals surface area (Å²) in [5.74, 6) is 1.48. The van der Waals surface area contributed by atoms with Gasteiger partial charge in [0.1, 0.15) is 6.04 Å². The van der Waals surface area contributed by atoms with Crippen LogP contribution in [-0.4, -0.2) is 21.5 Å². The number of pyridine rings is 1. The summed E-state index contributed by atoms with van der Waals surface area (Å²) in [5.41, 5.74) is 6.64. The molecule has 4 aromatic rings. The molecule has 0 bridgehead atoms. The maximum Gasteiger partial charge on any atom is 0.231 e. The number of nitrogens with zero attached hydrogens (tertiary/aromatic N) is 3. The fourth-order valence-corrected chi connectivity index (χ4v) is 5.06. The maximum atomic E-state index is 5.88. The third-order valence-electron chi connectivity index (χ3n) is 6.58. The lowest BCUT2D eigenvalue weighted by Gasteiger charge is -2.29. The number of hydrogen-bond acceptors (Lipinski definition) is 4. The summed E-state index contributed by atoms with van der Waals surface area (Å²) in [5, 5.41) is 4.18. The van der Waals surface area contributed by atoms with Crippen molar-refractivity contribution >= 4 is 23.0 Å². The molecular formula is C27H24N4O2S. The van der Waals surface area contributed by atoms with E-state index in [0.29, 0.717) is 5.11 Å². The van der Waals surface area contributed by atoms with Crippen molar-refractivity contribution in [2.24, 2.45) is 0 Å². The molecule has 2 aromatic heterocycles. The normalized spacial score (nSPS) is 18.9. The fourth-order valence-electron chi connectivity index (χ4n) is 4.71. The molecule has 6 nitrogen and oxygen atoms in total. The van der Waals surface area contributed by atoms with E-state index in [9.17, 15) is 0 Å². The van der Waals surface area contributed by atoms with E-state index in [-0.39, 0.29) is 18.9 Å². The van der Waals surface area contributed by atoms with Gasteiger partial charge in [-0.2, -0.15) is 0 Å². The molecule has 1 N–H and O–H groups in total. The Labute approximate surface area is 203 Å². The Morgan fingerprint density at radius 3 is 2.59 bits per heavy atom. The third kappa shape index (κ3) is 3.40. The van der Waals surface area contributed by atoms with Crippen molar-refractivity contribution < 1.29 is 9.47 Å². The van der Waals surface area contributed by atoms with Crippen LogP contribution in [0.1, 0.15) is 34.6 Å². The Hall–Kier alpha value is -3.84. The van der Waals surface area contributed by atoms with E-state index >= 15 is 0 Å². The van der Waals surface area contributed by atoms with Gasteiger partial charge >= 0.3 is 0 Å². The van der Waals surface area contributed by atoms with Crippen LogP contribution in [0.2, 0.25) is 0 Å². The van der Waals surface area contributed by atoms with Gasteiger partial charge in [-0.3, -0.25) is 4.98 Å². The Morgan fingerprint density at radius 2 is 1.76 bits per heavy atom. The highest BCUT2D eigenvalue weighted by atomic mass is 32.1. The van der Waals surface area contributed by atoms with Crippen LogP contribution in [0.4, 0.5) is 5.69 Å². The van der Waals surface area contributed by atoms with Crippen LogP contribution in [0, 0.1) is 13.8 Å². The summed E-state index contributed by atoms with van der Waals surface area (Å²) >= 11 is 5.88. The maximum absolute atomic E-state index is 5.88. The highest BCUT2D eigenvalue weighted by Crippen LogP contribution is 2.44. The molecule has 1 fully saturated rings. The molecule has 2 atom stereocenters. The number of benzene rings is 2. The predicted octanol–water partition coefficient (Wildman–Crippen LogP) is 5.39. The first-order valence-electron chi connectivity index (χ1n) is 11.3. The number of aromatic nitrogens is 2. The average Bonchev–Trinajstić information content (AvgIpc) is 3.59. The SMILES string of the molecule is Cc1ccc(-n2cccc2[C@H]2[C@H](c3ccccn3)NC(=S)N2c2ccc3c(c2)OCO3)cc1C. The number of aryl methyl sites for hydroxylation is 2. The minimum absolute atomic E-state index is 0.126. The number of rotatable bonds is 4. The van der Waals surface area contributed by atoms with Crippen LogP contribution in [0.5, 0.6) is 11.5 Å². The van der Waals surface area contributed by atoms with Crippen molar-refractivity contribution in [3.63, 3.8) is 0 Å². The highest BCUT2D eigenvalue weighted by molar-refractivity contribution is 7.80. The molecule has 6 rings (SSSR count). The van der Waals surface area contributed by atoms with Crippen molar-refractivity contribution in [1.29, 1.82) is 0 Å². The molecule has 34 heavy (non-hydrogen) atoms. The van der Waals surface area contributed by atoms with Gasteiger partial charge in [0.05, 0.1) is 11.7 Å². The van der Waals surface area contributed by atoms with Crippen LogP contribution >= 0.6 is 12.2 Å². The van der Waals surface area contributed by atoms with E-state index < -0.39 is 0 Å². The smallest absolute Gasteiger partial charge is 0.231 e. The molecule has 2 aromatic carbocycles. The quantitative estimate of drug-likeness (QED) is 0.405. The molecule has 2 aliphatic heterocycles. The number of nitrogens with one attached hydrogen (secondary N) is 1. The second-order valence-electron chi connectivity index (χ2n) is 8.61. The third-order valence-corrected chi connectivity index (χ3v) is 6.90. The largest absolute Gasteiger partial charge is 0.454 e. The number of anilines is 1. The summed E-state index contributed by atoms with van der Waals surface area (Å²) in [6, 6.07) is 22.5. The lowest BCUT2D eigenvalue weighted by Crippen LogP contribution is -2.30. The lowest BCUT2D eigenvalue weighted by molar-refractivity contribution is 0.174. The van der Waals surface area contributed by atoms with Gasteiger partial charge in [0.15, 0.2) is 16.6 Å². The molecule has 0 saturated carbocycles. The zero-order valence-corrected chi connectivity index (χ0v) is 19.8. The standard InChI is InChI=1S/C27H24N4O2S/c1-17-8-9-19(14-18(17)2)30-13-5-7-22(30)26-25(21-6-3-4-12-28-21)29-27(34)31(26)20-10-11-23-24(15-20)33-16-32-23/h3-15,25-26H,16H2,1-2H3,(H,29,34)/t25-,26-/m0/s1. The molecule has 2 aliphatic rings. The van der Waals surface area contributed by atoms with Gasteiger partial charge in [0.25, 0.3) is 0 Å². The predicted molar refractivity (Wildman–Crippen MR) is 136 cm³/mol. The van der Waals surface area contributed by atoms with E-state index in [0.717, 1.165) is 34.3 Å². The fraction of sp³-hybridized carbons (Fsp3) is 0.185. The van der Waals surface area contributed by atoms with Gasteiger partial charge in [-0.1, -0.05) is 12.1 Å². The molecule has 0 amide bonds. The Bertz CT molecular complexity index is 1380. The van der Waals surface area contributed by atoms with E-state index in [1.54, 1.807) is 0 Å². The van der Waals surface area contributed by atoms with Crippen LogP contribution < -0.4 is 19.7 Å². The number of thiocarbonyl (C=S) groups is 1. The zero-order valence-electron chi connectivity index (χ0n) is 18.9. The van der Waals surface area contributed by atoms with E-state index in [4.69, 9.17) is 21.7 Å². The van der Waals surface area contributed by atoms with E-state index in [1.165, 1.54) is 11.1 Å². The summed E-state index contributed by atoms with van der Waals surface area (Å²) in [4.78, 5) is 6.82. The average molecular weight is 469 g/mol. The van der Waals surface area contributed by atoms with Gasteiger partial charge in [0.2, 0.25) is 6.79 Å². The first-order valence-corrected chi connectivity index (χ1v) is 11.7. The summed E-state index contributed by atoms with van der Waals surface area (Å²) in [7, 11) is 0. The molecule has 4 heterocycles. The molecule has 0 spiro atoms. The molecule has 0 aliphatic carbocycles. The zero-order chi connectivity index (χ0) is 23.2. The first-order chi connectivity index (χ1) is 16.6. The number of fused-ring (bicyclic) bond motifs is 1. The summed E-state index contributed by atoms with van der Waals surface area (Å²) in [6.45, 7) is 4.51. The van der Waals surface area contributed by atoms with Crippen molar-refractivity contribution in [3.05, 3.63) is 102 Å². The van der Waals surface area contributed by atoms with Crippen LogP contribution in [0.25, 0.3) is 5.69 Å². The van der Waals surface area contributed by atoms with Crippen molar-refractivity contribution in [3.8, 4) is 17.2 Å². The molecule has 170 valence electrons. The van der Waals surface area contributed by atoms with Gasteiger partial charge in [-0.15, -0.1) is 0 Å². The summed E-state index contributed by atoms with van der Waals surface area (Å²) < 4.78 is 13.4. The van der Waals surface area contributed by atoms with Gasteiger partial charge in [-0.25, -0.2) is 0 Å². The topological polar surface area (TPSA) is 51.6 Å². The highest BCUT2D eigenvalue weighted by Gasteiger charge is 2.42. The molecular weight excluding hydrogens is 444 g/mol. The van der Waals surface area contributed by atoms with Crippen molar-refractivity contribution in [1.82, 2.24) is 14.9 Å². The van der Waals surface area contributed by atoms with Gasteiger partial charge in [0, 0.05) is 35.5 Å². The monoisotopic (exact) mass is 468 g/mol.